The zero-order chi connectivity index (χ0) is 21.3. The zero-order valence-corrected chi connectivity index (χ0v) is 19.6. The molecule has 0 bridgehead atoms. The first-order valence-corrected chi connectivity index (χ1v) is 12.4. The van der Waals surface area contributed by atoms with Gasteiger partial charge in [0.25, 0.3) is 0 Å². The van der Waals surface area contributed by atoms with Crippen LogP contribution in [0.1, 0.15) is 52.9 Å². The second kappa shape index (κ2) is 11.9. The van der Waals surface area contributed by atoms with Gasteiger partial charge in [0, 0.05) is 52.4 Å². The van der Waals surface area contributed by atoms with Crippen LogP contribution < -0.4 is 5.32 Å². The predicted octanol–water partition coefficient (Wildman–Crippen LogP) is 1.70. The third-order valence-corrected chi connectivity index (χ3v) is 7.22. The molecule has 1 unspecified atom stereocenters. The summed E-state index contributed by atoms with van der Waals surface area (Å²) in [5, 5.41) is 3.49. The van der Waals surface area contributed by atoms with Crippen molar-refractivity contribution in [2.24, 2.45) is 10.9 Å². The average Bonchev–Trinajstić information content (AvgIpc) is 3.33. The lowest BCUT2D eigenvalue weighted by Crippen LogP contribution is -2.57. The van der Waals surface area contributed by atoms with Gasteiger partial charge in [-0.1, -0.05) is 6.92 Å². The van der Waals surface area contributed by atoms with Gasteiger partial charge in [0.15, 0.2) is 5.96 Å². The van der Waals surface area contributed by atoms with E-state index in [4.69, 9.17) is 4.99 Å². The maximum atomic E-state index is 12.7. The van der Waals surface area contributed by atoms with Crippen LogP contribution in [0.2, 0.25) is 0 Å². The number of piperazine rings is 1. The van der Waals surface area contributed by atoms with E-state index in [1.165, 1.54) is 38.9 Å². The molecule has 30 heavy (non-hydrogen) atoms. The van der Waals surface area contributed by atoms with Crippen LogP contribution in [-0.2, 0) is 4.79 Å². The van der Waals surface area contributed by atoms with Gasteiger partial charge in [0.1, 0.15) is 0 Å². The molecule has 3 aliphatic rings. The number of aliphatic imine (C=N–C) groups is 1. The van der Waals surface area contributed by atoms with Gasteiger partial charge >= 0.3 is 0 Å². The van der Waals surface area contributed by atoms with Crippen LogP contribution in [0.3, 0.4) is 0 Å². The molecule has 1 atom stereocenters. The third-order valence-electron chi connectivity index (χ3n) is 7.22. The fraction of sp³-hybridized carbons (Fsp3) is 0.913. The van der Waals surface area contributed by atoms with Gasteiger partial charge in [-0.3, -0.25) is 14.7 Å². The molecule has 0 radical (unpaired) electrons. The van der Waals surface area contributed by atoms with Crippen LogP contribution in [0.15, 0.2) is 4.99 Å². The summed E-state index contributed by atoms with van der Waals surface area (Å²) in [4.78, 5) is 27.0. The standard InChI is InChI=1S/C23H44N6O/c1-4-24-23(25-11-8-21-9-14-26(5-2)15-10-21)29-18-16-27(17-19-29)20(3)22(30)28-12-6-7-13-28/h20-21H,4-19H2,1-3H3,(H,24,25). The average molecular weight is 421 g/mol. The molecule has 3 fully saturated rings. The Kier molecular flexibility index (Phi) is 9.25. The number of carbonyl (C=O) groups excluding carboxylic acids is 1. The van der Waals surface area contributed by atoms with E-state index in [0.717, 1.165) is 77.1 Å². The fourth-order valence-electron chi connectivity index (χ4n) is 5.05. The molecule has 0 saturated carbocycles. The van der Waals surface area contributed by atoms with Crippen molar-refractivity contribution in [3.05, 3.63) is 0 Å². The van der Waals surface area contributed by atoms with Crippen molar-refractivity contribution in [3.63, 3.8) is 0 Å². The number of rotatable bonds is 7. The first kappa shape index (κ1) is 23.3. The SMILES string of the molecule is CCNC(=NCCC1CCN(CC)CC1)N1CCN(C(C)C(=O)N2CCCC2)CC1. The van der Waals surface area contributed by atoms with Crippen molar-refractivity contribution in [1.82, 2.24) is 24.9 Å². The van der Waals surface area contributed by atoms with Crippen LogP contribution in [-0.4, -0.2) is 110 Å². The molecule has 3 aliphatic heterocycles. The number of piperidine rings is 1. The van der Waals surface area contributed by atoms with Gasteiger partial charge in [0.2, 0.25) is 5.91 Å². The fourth-order valence-corrected chi connectivity index (χ4v) is 5.05. The van der Waals surface area contributed by atoms with E-state index in [9.17, 15) is 4.79 Å². The lowest BCUT2D eigenvalue weighted by atomic mass is 9.94. The van der Waals surface area contributed by atoms with E-state index in [0.29, 0.717) is 5.91 Å². The maximum Gasteiger partial charge on any atom is 0.239 e. The van der Waals surface area contributed by atoms with Gasteiger partial charge in [0.05, 0.1) is 6.04 Å². The first-order valence-electron chi connectivity index (χ1n) is 12.4. The Morgan fingerprint density at radius 1 is 0.967 bits per heavy atom. The van der Waals surface area contributed by atoms with Crippen molar-refractivity contribution in [2.75, 3.05) is 72.0 Å². The molecule has 3 heterocycles. The highest BCUT2D eigenvalue weighted by atomic mass is 16.2. The Labute approximate surface area is 183 Å². The minimum Gasteiger partial charge on any atom is -0.357 e. The van der Waals surface area contributed by atoms with E-state index < -0.39 is 0 Å². The van der Waals surface area contributed by atoms with Crippen LogP contribution in [0.25, 0.3) is 0 Å². The van der Waals surface area contributed by atoms with Crippen molar-refractivity contribution in [3.8, 4) is 0 Å². The molecule has 7 heteroatoms. The van der Waals surface area contributed by atoms with Crippen molar-refractivity contribution < 1.29 is 4.79 Å². The summed E-state index contributed by atoms with van der Waals surface area (Å²) in [6, 6.07) is -0.00115. The smallest absolute Gasteiger partial charge is 0.239 e. The second-order valence-corrected chi connectivity index (χ2v) is 9.13. The Morgan fingerprint density at radius 3 is 2.23 bits per heavy atom. The molecule has 0 aromatic carbocycles. The van der Waals surface area contributed by atoms with E-state index >= 15 is 0 Å². The summed E-state index contributed by atoms with van der Waals surface area (Å²) < 4.78 is 0. The summed E-state index contributed by atoms with van der Waals surface area (Å²) in [7, 11) is 0. The third kappa shape index (κ3) is 6.33. The van der Waals surface area contributed by atoms with E-state index in [-0.39, 0.29) is 6.04 Å². The van der Waals surface area contributed by atoms with Crippen LogP contribution in [0.5, 0.6) is 0 Å². The van der Waals surface area contributed by atoms with Gasteiger partial charge in [-0.2, -0.15) is 0 Å². The topological polar surface area (TPSA) is 54.4 Å². The number of hydrogen-bond donors (Lipinski definition) is 1. The lowest BCUT2D eigenvalue weighted by Gasteiger charge is -2.39. The van der Waals surface area contributed by atoms with Crippen LogP contribution in [0.4, 0.5) is 0 Å². The van der Waals surface area contributed by atoms with E-state index in [2.05, 4.69) is 40.8 Å². The number of nitrogens with one attached hydrogen (secondary N) is 1. The highest BCUT2D eigenvalue weighted by molar-refractivity contribution is 5.82. The zero-order valence-electron chi connectivity index (χ0n) is 19.6. The molecule has 1 amide bonds. The Balaban J connectivity index is 1.44. The summed E-state index contributed by atoms with van der Waals surface area (Å²) in [5.41, 5.74) is 0. The molecular formula is C23H44N6O. The monoisotopic (exact) mass is 420 g/mol. The molecule has 0 aromatic heterocycles. The summed E-state index contributed by atoms with van der Waals surface area (Å²) in [5.74, 6) is 2.20. The highest BCUT2D eigenvalue weighted by Gasteiger charge is 2.30. The number of hydrogen-bond acceptors (Lipinski definition) is 4. The molecule has 0 aliphatic carbocycles. The van der Waals surface area contributed by atoms with Crippen molar-refractivity contribution in [1.29, 1.82) is 0 Å². The van der Waals surface area contributed by atoms with Gasteiger partial charge in [-0.15, -0.1) is 0 Å². The highest BCUT2D eigenvalue weighted by Crippen LogP contribution is 2.20. The Morgan fingerprint density at radius 2 is 1.63 bits per heavy atom. The van der Waals surface area contributed by atoms with Crippen molar-refractivity contribution in [2.45, 2.75) is 58.9 Å². The summed E-state index contributed by atoms with van der Waals surface area (Å²) in [6.45, 7) is 17.6. The number of nitrogens with zero attached hydrogens (tertiary/aromatic N) is 5. The van der Waals surface area contributed by atoms with E-state index in [1.54, 1.807) is 0 Å². The van der Waals surface area contributed by atoms with Gasteiger partial charge in [-0.25, -0.2) is 0 Å². The summed E-state index contributed by atoms with van der Waals surface area (Å²) in [6.07, 6.45) is 6.16. The number of carbonyl (C=O) groups is 1. The second-order valence-electron chi connectivity index (χ2n) is 9.13. The molecule has 0 spiro atoms. The maximum absolute atomic E-state index is 12.7. The molecule has 3 saturated heterocycles. The first-order chi connectivity index (χ1) is 14.6. The predicted molar refractivity (Wildman–Crippen MR) is 124 cm³/mol. The molecule has 7 nitrogen and oxygen atoms in total. The Bertz CT molecular complexity index is 546. The lowest BCUT2D eigenvalue weighted by molar-refractivity contribution is -0.135. The molecule has 0 aromatic rings. The number of guanidine groups is 1. The molecule has 3 rings (SSSR count). The quantitative estimate of drug-likeness (QED) is 0.502. The minimum atomic E-state index is -0.00115. The normalized spacial score (nSPS) is 23.8. The van der Waals surface area contributed by atoms with Gasteiger partial charge < -0.3 is 20.0 Å². The minimum absolute atomic E-state index is 0.00115. The molecule has 172 valence electrons. The summed E-state index contributed by atoms with van der Waals surface area (Å²) >= 11 is 0. The van der Waals surface area contributed by atoms with Crippen molar-refractivity contribution >= 4 is 11.9 Å². The molecular weight excluding hydrogens is 376 g/mol. The number of amides is 1. The van der Waals surface area contributed by atoms with Gasteiger partial charge in [-0.05, 0) is 71.5 Å². The Hall–Kier alpha value is -1.34. The van der Waals surface area contributed by atoms with Crippen LogP contribution in [0, 0.1) is 5.92 Å². The van der Waals surface area contributed by atoms with E-state index in [1.807, 2.05) is 4.90 Å². The van der Waals surface area contributed by atoms with Crippen LogP contribution >= 0.6 is 0 Å². The molecule has 1 N–H and O–H groups in total. The number of likely N-dealkylation sites (tertiary alicyclic amines) is 2. The largest absolute Gasteiger partial charge is 0.357 e.